The summed E-state index contributed by atoms with van der Waals surface area (Å²) in [5.41, 5.74) is 6.04. The predicted molar refractivity (Wildman–Crippen MR) is 107 cm³/mol. The molecule has 3 heterocycles. The minimum atomic E-state index is -0.00626. The van der Waals surface area contributed by atoms with Crippen molar-refractivity contribution in [1.29, 1.82) is 0 Å². The van der Waals surface area contributed by atoms with Crippen LogP contribution in [0.4, 0.5) is 5.82 Å². The molecule has 10 heteroatoms. The number of aromatic nitrogens is 2. The van der Waals surface area contributed by atoms with Gasteiger partial charge >= 0.3 is 0 Å². The number of carbonyl (C=O) groups excluding carboxylic acids is 1. The van der Waals surface area contributed by atoms with E-state index in [2.05, 4.69) is 14.9 Å². The van der Waals surface area contributed by atoms with Crippen LogP contribution in [0.15, 0.2) is 23.7 Å². The van der Waals surface area contributed by atoms with Crippen molar-refractivity contribution >= 4 is 59.5 Å². The average molecular weight is 425 g/mol. The van der Waals surface area contributed by atoms with Crippen molar-refractivity contribution in [2.45, 2.75) is 6.42 Å². The van der Waals surface area contributed by atoms with Crippen molar-refractivity contribution in [3.05, 3.63) is 39.4 Å². The first kappa shape index (κ1) is 21.9. The van der Waals surface area contributed by atoms with Gasteiger partial charge < -0.3 is 15.5 Å². The van der Waals surface area contributed by atoms with E-state index < -0.39 is 0 Å². The molecule has 0 aromatic carbocycles. The summed E-state index contributed by atoms with van der Waals surface area (Å²) in [7, 11) is 0. The third-order valence-corrected chi connectivity index (χ3v) is 4.86. The summed E-state index contributed by atoms with van der Waals surface area (Å²) in [6.07, 6.45) is 2.36. The largest absolute Gasteiger partial charge is 0.353 e. The Balaban J connectivity index is 0.00000156. The molecule has 1 saturated heterocycles. The van der Waals surface area contributed by atoms with Gasteiger partial charge in [-0.25, -0.2) is 9.97 Å². The fourth-order valence-electron chi connectivity index (χ4n) is 2.50. The van der Waals surface area contributed by atoms with Crippen molar-refractivity contribution in [1.82, 2.24) is 14.9 Å². The van der Waals surface area contributed by atoms with Crippen molar-refractivity contribution in [3.8, 4) is 0 Å². The van der Waals surface area contributed by atoms with E-state index in [-0.39, 0.29) is 30.7 Å². The van der Waals surface area contributed by atoms with Crippen molar-refractivity contribution in [2.75, 3.05) is 37.6 Å². The van der Waals surface area contributed by atoms with E-state index in [1.165, 1.54) is 11.3 Å². The molecule has 2 N–H and O–H groups in total. The Labute approximate surface area is 168 Å². The Morgan fingerprint density at radius 2 is 1.96 bits per heavy atom. The lowest BCUT2D eigenvalue weighted by atomic mass is 10.2. The van der Waals surface area contributed by atoms with E-state index in [9.17, 15) is 4.79 Å². The van der Waals surface area contributed by atoms with E-state index in [4.69, 9.17) is 17.3 Å². The zero-order valence-corrected chi connectivity index (χ0v) is 16.6. The first-order chi connectivity index (χ1) is 11.2. The molecule has 0 radical (unpaired) electrons. The molecule has 138 valence electrons. The van der Waals surface area contributed by atoms with Gasteiger partial charge in [-0.3, -0.25) is 4.79 Å². The number of piperazine rings is 1. The molecule has 1 fully saturated rings. The molecule has 0 saturated carbocycles. The molecule has 1 aliphatic rings. The van der Waals surface area contributed by atoms with Gasteiger partial charge in [0.2, 0.25) is 0 Å². The topological polar surface area (TPSA) is 75.3 Å². The maximum atomic E-state index is 12.5. The number of nitrogens with two attached hydrogens (primary N) is 1. The predicted octanol–water partition coefficient (Wildman–Crippen LogP) is 2.50. The molecule has 3 rings (SSSR count). The maximum absolute atomic E-state index is 12.5. The fourth-order valence-corrected chi connectivity index (χ4v) is 3.40. The number of nitrogens with zero attached hydrogens (tertiary/aromatic N) is 4. The van der Waals surface area contributed by atoms with Crippen molar-refractivity contribution in [3.63, 3.8) is 0 Å². The van der Waals surface area contributed by atoms with Crippen LogP contribution in [0.5, 0.6) is 0 Å². The van der Waals surface area contributed by atoms with Crippen LogP contribution < -0.4 is 10.6 Å². The number of rotatable bonds is 4. The first-order valence-corrected chi connectivity index (χ1v) is 8.73. The van der Waals surface area contributed by atoms with Crippen molar-refractivity contribution in [2.24, 2.45) is 5.73 Å². The van der Waals surface area contributed by atoms with Crippen molar-refractivity contribution < 1.29 is 4.79 Å². The summed E-state index contributed by atoms with van der Waals surface area (Å²) in [5, 5.41) is 3.36. The normalized spacial score (nSPS) is 13.8. The van der Waals surface area contributed by atoms with Gasteiger partial charge in [-0.05, 0) is 18.7 Å². The van der Waals surface area contributed by atoms with Crippen LogP contribution in [0.2, 0.25) is 5.02 Å². The smallest absolute Gasteiger partial charge is 0.273 e. The van der Waals surface area contributed by atoms with Gasteiger partial charge in [0.1, 0.15) is 11.5 Å². The van der Waals surface area contributed by atoms with Gasteiger partial charge in [0.05, 0.1) is 10.0 Å². The standard InChI is InChI=1S/C15H18ClN5OS.2ClH/c16-11-1-2-13(18-9-11)20-5-7-21(8-6-20)15(22)12-10-23-14(19-12)3-4-17;;/h1-2,9-10H,3-8,17H2;2*1H. The van der Waals surface area contributed by atoms with E-state index in [1.54, 1.807) is 6.20 Å². The summed E-state index contributed by atoms with van der Waals surface area (Å²) >= 11 is 7.35. The van der Waals surface area contributed by atoms with Gasteiger partial charge in [-0.2, -0.15) is 0 Å². The second-order valence-corrected chi connectivity index (χ2v) is 6.66. The summed E-state index contributed by atoms with van der Waals surface area (Å²) < 4.78 is 0. The number of halogens is 3. The van der Waals surface area contributed by atoms with Gasteiger partial charge in [0, 0.05) is 44.2 Å². The third kappa shape index (κ3) is 5.43. The van der Waals surface area contributed by atoms with Crippen LogP contribution in [-0.4, -0.2) is 53.5 Å². The van der Waals surface area contributed by atoms with Crippen LogP contribution in [0.1, 0.15) is 15.5 Å². The first-order valence-electron chi connectivity index (χ1n) is 7.47. The molecule has 0 bridgehead atoms. The highest BCUT2D eigenvalue weighted by Gasteiger charge is 2.24. The second-order valence-electron chi connectivity index (χ2n) is 5.28. The SMILES string of the molecule is Cl.Cl.NCCc1nc(C(=O)N2CCN(c3ccc(Cl)cn3)CC2)cs1. The lowest BCUT2D eigenvalue weighted by Crippen LogP contribution is -2.49. The zero-order valence-electron chi connectivity index (χ0n) is 13.4. The molecule has 2 aromatic rings. The van der Waals surface area contributed by atoms with Gasteiger partial charge in [0.15, 0.2) is 0 Å². The molecule has 0 unspecified atom stereocenters. The molecule has 0 aliphatic carbocycles. The van der Waals surface area contributed by atoms with Crippen LogP contribution in [0.25, 0.3) is 0 Å². The van der Waals surface area contributed by atoms with E-state index in [0.29, 0.717) is 36.8 Å². The van der Waals surface area contributed by atoms with Gasteiger partial charge in [0.25, 0.3) is 5.91 Å². The second kappa shape index (κ2) is 10.1. The number of hydrogen-bond donors (Lipinski definition) is 1. The number of hydrogen-bond acceptors (Lipinski definition) is 6. The number of thiazole rings is 1. The third-order valence-electron chi connectivity index (χ3n) is 3.73. The Kier molecular flexibility index (Phi) is 8.88. The summed E-state index contributed by atoms with van der Waals surface area (Å²) in [5.74, 6) is 0.883. The molecule has 6 nitrogen and oxygen atoms in total. The highest BCUT2D eigenvalue weighted by atomic mass is 35.5. The number of anilines is 1. The number of amides is 1. The molecule has 0 spiro atoms. The summed E-state index contributed by atoms with van der Waals surface area (Å²) in [6, 6.07) is 3.73. The molecule has 0 atom stereocenters. The lowest BCUT2D eigenvalue weighted by molar-refractivity contribution is 0.0741. The molecular formula is C15H20Cl3N5OS. The molecular weight excluding hydrogens is 405 g/mol. The minimum absolute atomic E-state index is 0. The van der Waals surface area contributed by atoms with E-state index in [1.807, 2.05) is 22.4 Å². The Bertz CT molecular complexity index is 674. The minimum Gasteiger partial charge on any atom is -0.353 e. The number of pyridine rings is 1. The molecule has 1 aliphatic heterocycles. The maximum Gasteiger partial charge on any atom is 0.273 e. The Morgan fingerprint density at radius 3 is 2.56 bits per heavy atom. The van der Waals surface area contributed by atoms with Crippen LogP contribution in [-0.2, 0) is 6.42 Å². The van der Waals surface area contributed by atoms with Gasteiger partial charge in [-0.1, -0.05) is 11.6 Å². The van der Waals surface area contributed by atoms with E-state index in [0.717, 1.165) is 23.9 Å². The monoisotopic (exact) mass is 423 g/mol. The number of carbonyl (C=O) groups is 1. The quantitative estimate of drug-likeness (QED) is 0.816. The summed E-state index contributed by atoms with van der Waals surface area (Å²) in [4.78, 5) is 25.2. The Hall–Kier alpha value is -1.12. The lowest BCUT2D eigenvalue weighted by Gasteiger charge is -2.35. The van der Waals surface area contributed by atoms with E-state index >= 15 is 0 Å². The Morgan fingerprint density at radius 1 is 1.24 bits per heavy atom. The van der Waals surface area contributed by atoms with Crippen LogP contribution in [0, 0.1) is 0 Å². The summed E-state index contributed by atoms with van der Waals surface area (Å²) in [6.45, 7) is 3.37. The average Bonchev–Trinajstić information content (AvgIpc) is 3.04. The van der Waals surface area contributed by atoms with Gasteiger partial charge in [-0.15, -0.1) is 36.2 Å². The fraction of sp³-hybridized carbons (Fsp3) is 0.400. The zero-order chi connectivity index (χ0) is 16.2. The molecule has 2 aromatic heterocycles. The molecule has 1 amide bonds. The van der Waals surface area contributed by atoms with Crippen LogP contribution in [0.3, 0.4) is 0 Å². The highest BCUT2D eigenvalue weighted by Crippen LogP contribution is 2.18. The molecule has 25 heavy (non-hydrogen) atoms. The van der Waals surface area contributed by atoms with Crippen LogP contribution >= 0.6 is 47.8 Å². The highest BCUT2D eigenvalue weighted by molar-refractivity contribution is 7.09.